The van der Waals surface area contributed by atoms with Crippen LogP contribution in [0.2, 0.25) is 0 Å². The van der Waals surface area contributed by atoms with Gasteiger partial charge in [-0.15, -0.1) is 0 Å². The molecule has 86 valence electrons. The van der Waals surface area contributed by atoms with Crippen LogP contribution in [0.15, 0.2) is 55.1 Å². The van der Waals surface area contributed by atoms with Gasteiger partial charge in [0.05, 0.1) is 0 Å². The largest absolute Gasteiger partial charge is 0.428 e. The van der Waals surface area contributed by atoms with E-state index < -0.39 is 12.3 Å². The van der Waals surface area contributed by atoms with Crippen LogP contribution < -0.4 is 0 Å². The molecule has 0 fully saturated rings. The second-order valence-corrected chi connectivity index (χ2v) is 3.56. The van der Waals surface area contributed by atoms with Crippen molar-refractivity contribution in [3.63, 3.8) is 0 Å². The Morgan fingerprint density at radius 1 is 1.24 bits per heavy atom. The van der Waals surface area contributed by atoms with Crippen molar-refractivity contribution in [1.29, 1.82) is 0 Å². The molecule has 0 radical (unpaired) electrons. The Balaban J connectivity index is 2.41. The molecule has 0 spiro atoms. The average Bonchev–Trinajstić information content (AvgIpc) is 2.37. The lowest BCUT2D eigenvalue weighted by atomic mass is 10.0. The van der Waals surface area contributed by atoms with Gasteiger partial charge >= 0.3 is 5.97 Å². The van der Waals surface area contributed by atoms with Crippen molar-refractivity contribution in [3.05, 3.63) is 60.7 Å². The van der Waals surface area contributed by atoms with Gasteiger partial charge in [-0.05, 0) is 10.8 Å². The van der Waals surface area contributed by atoms with Crippen LogP contribution in [0.25, 0.3) is 10.8 Å². The number of rotatable bonds is 3. The maximum atomic E-state index is 11.0. The zero-order valence-corrected chi connectivity index (χ0v) is 9.17. The maximum absolute atomic E-state index is 11.0. The second kappa shape index (κ2) is 4.80. The first-order valence-corrected chi connectivity index (χ1v) is 5.21. The van der Waals surface area contributed by atoms with E-state index >= 15 is 0 Å². The van der Waals surface area contributed by atoms with E-state index in [1.165, 1.54) is 0 Å². The maximum Gasteiger partial charge on any atom is 0.332 e. The van der Waals surface area contributed by atoms with Gasteiger partial charge in [-0.25, -0.2) is 4.79 Å². The number of benzene rings is 2. The summed E-state index contributed by atoms with van der Waals surface area (Å²) in [7, 11) is 0. The van der Waals surface area contributed by atoms with E-state index in [0.29, 0.717) is 5.56 Å². The number of fused-ring (bicyclic) bond motifs is 1. The Hall–Kier alpha value is -2.13. The van der Waals surface area contributed by atoms with Crippen molar-refractivity contribution in [2.75, 3.05) is 0 Å². The molecule has 1 atom stereocenters. The fourth-order valence-electron chi connectivity index (χ4n) is 1.69. The van der Waals surface area contributed by atoms with Crippen LogP contribution in [0, 0.1) is 0 Å². The van der Waals surface area contributed by atoms with Crippen LogP contribution in [-0.4, -0.2) is 11.1 Å². The van der Waals surface area contributed by atoms with Crippen molar-refractivity contribution in [1.82, 2.24) is 0 Å². The lowest BCUT2D eigenvalue weighted by Gasteiger charge is -2.13. The average molecular weight is 228 g/mol. The molecule has 0 saturated heterocycles. The second-order valence-electron chi connectivity index (χ2n) is 3.56. The molecule has 1 N–H and O–H groups in total. The van der Waals surface area contributed by atoms with Gasteiger partial charge in [0.2, 0.25) is 6.29 Å². The number of aliphatic hydroxyl groups is 1. The lowest BCUT2D eigenvalue weighted by Crippen LogP contribution is -2.08. The van der Waals surface area contributed by atoms with E-state index in [1.54, 1.807) is 6.07 Å². The summed E-state index contributed by atoms with van der Waals surface area (Å²) in [4.78, 5) is 11.0. The summed E-state index contributed by atoms with van der Waals surface area (Å²) < 4.78 is 4.79. The molecular weight excluding hydrogens is 216 g/mol. The zero-order valence-electron chi connectivity index (χ0n) is 9.17. The van der Waals surface area contributed by atoms with Crippen molar-refractivity contribution in [2.24, 2.45) is 0 Å². The highest BCUT2D eigenvalue weighted by atomic mass is 16.6. The molecule has 0 heterocycles. The topological polar surface area (TPSA) is 46.5 Å². The molecular formula is C14H12O3. The quantitative estimate of drug-likeness (QED) is 0.499. The van der Waals surface area contributed by atoms with Gasteiger partial charge in [0.15, 0.2) is 0 Å². The van der Waals surface area contributed by atoms with E-state index in [4.69, 9.17) is 4.74 Å². The molecule has 3 nitrogen and oxygen atoms in total. The monoisotopic (exact) mass is 228 g/mol. The number of carbonyl (C=O) groups is 1. The van der Waals surface area contributed by atoms with Gasteiger partial charge in [0, 0.05) is 11.6 Å². The van der Waals surface area contributed by atoms with Crippen LogP contribution in [0.1, 0.15) is 11.9 Å². The van der Waals surface area contributed by atoms with E-state index in [1.807, 2.05) is 36.4 Å². The summed E-state index contributed by atoms with van der Waals surface area (Å²) >= 11 is 0. The Morgan fingerprint density at radius 3 is 2.71 bits per heavy atom. The first-order valence-electron chi connectivity index (χ1n) is 5.21. The SMILES string of the molecule is C=CC(=O)OC(O)c1cccc2ccccc12. The molecule has 3 heteroatoms. The molecule has 2 aromatic rings. The minimum atomic E-state index is -1.27. The fraction of sp³-hybridized carbons (Fsp3) is 0.0714. The van der Waals surface area contributed by atoms with E-state index in [9.17, 15) is 9.90 Å². The Morgan fingerprint density at radius 2 is 1.94 bits per heavy atom. The van der Waals surface area contributed by atoms with Crippen molar-refractivity contribution < 1.29 is 14.6 Å². The predicted molar refractivity (Wildman–Crippen MR) is 65.2 cm³/mol. The normalized spacial score (nSPS) is 12.1. The van der Waals surface area contributed by atoms with Gasteiger partial charge in [0.1, 0.15) is 0 Å². The van der Waals surface area contributed by atoms with E-state index in [0.717, 1.165) is 16.8 Å². The third kappa shape index (κ3) is 2.34. The minimum Gasteiger partial charge on any atom is -0.428 e. The summed E-state index contributed by atoms with van der Waals surface area (Å²) in [5, 5.41) is 11.7. The molecule has 1 unspecified atom stereocenters. The molecule has 0 aromatic heterocycles. The third-order valence-corrected chi connectivity index (χ3v) is 2.48. The first-order chi connectivity index (χ1) is 8.22. The van der Waals surface area contributed by atoms with Gasteiger partial charge in [0.25, 0.3) is 0 Å². The van der Waals surface area contributed by atoms with E-state index in [-0.39, 0.29) is 0 Å². The molecule has 0 saturated carbocycles. The molecule has 17 heavy (non-hydrogen) atoms. The number of aliphatic hydroxyl groups excluding tert-OH is 1. The number of ether oxygens (including phenoxy) is 1. The standard InChI is InChI=1S/C14H12O3/c1-2-13(15)17-14(16)12-9-5-7-10-6-3-4-8-11(10)12/h2-9,14,16H,1H2. The summed E-state index contributed by atoms with van der Waals surface area (Å²) in [5.41, 5.74) is 0.568. The molecule has 0 bridgehead atoms. The molecule has 0 aliphatic rings. The van der Waals surface area contributed by atoms with Crippen molar-refractivity contribution in [2.45, 2.75) is 6.29 Å². The Bertz CT molecular complexity index is 555. The van der Waals surface area contributed by atoms with Gasteiger partial charge < -0.3 is 9.84 Å². The van der Waals surface area contributed by atoms with Crippen molar-refractivity contribution >= 4 is 16.7 Å². The Labute approximate surface area is 99.0 Å². The number of hydrogen-bond acceptors (Lipinski definition) is 3. The highest BCUT2D eigenvalue weighted by Crippen LogP contribution is 2.24. The highest BCUT2D eigenvalue weighted by molar-refractivity contribution is 5.86. The van der Waals surface area contributed by atoms with Crippen LogP contribution >= 0.6 is 0 Å². The summed E-state index contributed by atoms with van der Waals surface area (Å²) in [5.74, 6) is -0.648. The number of carbonyl (C=O) groups excluding carboxylic acids is 1. The van der Waals surface area contributed by atoms with Crippen LogP contribution in [0.3, 0.4) is 0 Å². The van der Waals surface area contributed by atoms with Crippen LogP contribution in [0.4, 0.5) is 0 Å². The number of esters is 1. The van der Waals surface area contributed by atoms with E-state index in [2.05, 4.69) is 6.58 Å². The lowest BCUT2D eigenvalue weighted by molar-refractivity contribution is -0.162. The summed E-state index contributed by atoms with van der Waals surface area (Å²) in [6.07, 6.45) is -0.249. The molecule has 0 aliphatic heterocycles. The molecule has 0 amide bonds. The third-order valence-electron chi connectivity index (χ3n) is 2.48. The molecule has 2 rings (SSSR count). The zero-order chi connectivity index (χ0) is 12.3. The van der Waals surface area contributed by atoms with Crippen LogP contribution in [0.5, 0.6) is 0 Å². The van der Waals surface area contributed by atoms with Gasteiger partial charge in [-0.2, -0.15) is 0 Å². The number of hydrogen-bond donors (Lipinski definition) is 1. The highest BCUT2D eigenvalue weighted by Gasteiger charge is 2.13. The summed E-state index contributed by atoms with van der Waals surface area (Å²) in [6, 6.07) is 13.0. The molecule has 0 aliphatic carbocycles. The Kier molecular flexibility index (Phi) is 3.21. The van der Waals surface area contributed by atoms with Gasteiger partial charge in [-0.3, -0.25) is 0 Å². The summed E-state index contributed by atoms with van der Waals surface area (Å²) in [6.45, 7) is 3.28. The minimum absolute atomic E-state index is 0.568. The van der Waals surface area contributed by atoms with Crippen molar-refractivity contribution in [3.8, 4) is 0 Å². The smallest absolute Gasteiger partial charge is 0.332 e. The van der Waals surface area contributed by atoms with Gasteiger partial charge in [-0.1, -0.05) is 49.0 Å². The van der Waals surface area contributed by atoms with Crippen LogP contribution in [-0.2, 0) is 9.53 Å². The predicted octanol–water partition coefficient (Wildman–Crippen LogP) is 2.56. The first kappa shape index (κ1) is 11.4. The fourth-order valence-corrected chi connectivity index (χ4v) is 1.69. The molecule has 2 aromatic carbocycles.